The van der Waals surface area contributed by atoms with Crippen LogP contribution in [-0.4, -0.2) is 5.97 Å². The number of rotatable bonds is 2. The lowest BCUT2D eigenvalue weighted by Gasteiger charge is -2.16. The van der Waals surface area contributed by atoms with E-state index in [1.165, 1.54) is 5.56 Å². The Morgan fingerprint density at radius 3 is 2.74 bits per heavy atom. The highest BCUT2D eigenvalue weighted by atomic mass is 16.6. The Kier molecular flexibility index (Phi) is 2.75. The fourth-order valence-corrected chi connectivity index (χ4v) is 2.29. The number of esters is 1. The molecule has 1 aliphatic rings. The van der Waals surface area contributed by atoms with E-state index in [0.717, 1.165) is 16.8 Å². The first kappa shape index (κ1) is 11.8. The molecule has 0 spiro atoms. The summed E-state index contributed by atoms with van der Waals surface area (Å²) in [6.45, 7) is 4.07. The van der Waals surface area contributed by atoms with Gasteiger partial charge < -0.3 is 10.1 Å². The first-order valence-corrected chi connectivity index (χ1v) is 6.29. The Balaban J connectivity index is 1.93. The molecule has 0 saturated carbocycles. The Morgan fingerprint density at radius 2 is 1.89 bits per heavy atom. The summed E-state index contributed by atoms with van der Waals surface area (Å²) < 4.78 is 5.38. The van der Waals surface area contributed by atoms with Crippen LogP contribution in [0.5, 0.6) is 0 Å². The molecule has 0 unspecified atom stereocenters. The fraction of sp³-hybridized carbons (Fsp3) is 0.188. The van der Waals surface area contributed by atoms with Crippen LogP contribution in [0.3, 0.4) is 0 Å². The van der Waals surface area contributed by atoms with Crippen molar-refractivity contribution in [2.75, 3.05) is 5.32 Å². The van der Waals surface area contributed by atoms with Gasteiger partial charge in [0.15, 0.2) is 0 Å². The predicted molar refractivity (Wildman–Crippen MR) is 74.1 cm³/mol. The van der Waals surface area contributed by atoms with E-state index in [4.69, 9.17) is 4.74 Å². The molecule has 0 aliphatic carbocycles. The number of fused-ring (bicyclic) bond motifs is 1. The quantitative estimate of drug-likeness (QED) is 0.831. The summed E-state index contributed by atoms with van der Waals surface area (Å²) in [6.07, 6.45) is -0.399. The zero-order valence-corrected chi connectivity index (χ0v) is 10.9. The van der Waals surface area contributed by atoms with Gasteiger partial charge >= 0.3 is 5.97 Å². The third kappa shape index (κ3) is 2.08. The van der Waals surface area contributed by atoms with Crippen LogP contribution in [0.2, 0.25) is 0 Å². The van der Waals surface area contributed by atoms with Crippen LogP contribution in [0.15, 0.2) is 42.5 Å². The highest BCUT2D eigenvalue weighted by Gasteiger charge is 2.30. The number of aryl methyl sites for hydroxylation is 2. The van der Waals surface area contributed by atoms with Gasteiger partial charge in [0.25, 0.3) is 0 Å². The highest BCUT2D eigenvalue weighted by Crippen LogP contribution is 2.32. The first-order valence-electron chi connectivity index (χ1n) is 6.29. The second kappa shape index (κ2) is 4.43. The summed E-state index contributed by atoms with van der Waals surface area (Å²) in [7, 11) is 0. The number of hydrogen-bond acceptors (Lipinski definition) is 3. The van der Waals surface area contributed by atoms with E-state index in [9.17, 15) is 4.79 Å². The predicted octanol–water partition coefficient (Wildman–Crippen LogP) is 3.58. The highest BCUT2D eigenvalue weighted by molar-refractivity contribution is 5.94. The van der Waals surface area contributed by atoms with Crippen molar-refractivity contribution in [3.63, 3.8) is 0 Å². The molecule has 19 heavy (non-hydrogen) atoms. The van der Waals surface area contributed by atoms with Crippen LogP contribution < -0.4 is 5.32 Å². The van der Waals surface area contributed by atoms with Crippen LogP contribution in [0.4, 0.5) is 5.69 Å². The molecule has 0 amide bonds. The van der Waals surface area contributed by atoms with Crippen molar-refractivity contribution in [3.8, 4) is 0 Å². The van der Waals surface area contributed by atoms with Gasteiger partial charge in [-0.25, -0.2) is 4.79 Å². The summed E-state index contributed by atoms with van der Waals surface area (Å²) >= 11 is 0. The SMILES string of the molecule is Cc1ccc(C)c(N[C@@H]2OC(=O)c3ccccc32)c1. The minimum atomic E-state index is -0.399. The maximum atomic E-state index is 11.8. The number of anilines is 1. The Labute approximate surface area is 112 Å². The van der Waals surface area contributed by atoms with Crippen LogP contribution in [-0.2, 0) is 4.74 Å². The second-order valence-corrected chi connectivity index (χ2v) is 4.84. The Morgan fingerprint density at radius 1 is 1.11 bits per heavy atom. The molecule has 0 saturated heterocycles. The molecular weight excluding hydrogens is 238 g/mol. The van der Waals surface area contributed by atoms with E-state index in [2.05, 4.69) is 23.5 Å². The standard InChI is InChI=1S/C16H15NO2/c1-10-7-8-11(2)14(9-10)17-15-12-5-3-4-6-13(12)16(18)19-15/h3-9,15,17H,1-2H3/t15-/m1/s1. The van der Waals surface area contributed by atoms with E-state index in [0.29, 0.717) is 5.56 Å². The summed E-state index contributed by atoms with van der Waals surface area (Å²) in [4.78, 5) is 11.8. The van der Waals surface area contributed by atoms with E-state index < -0.39 is 6.23 Å². The molecule has 0 radical (unpaired) electrons. The molecule has 3 nitrogen and oxygen atoms in total. The van der Waals surface area contributed by atoms with Crippen molar-refractivity contribution in [2.24, 2.45) is 0 Å². The maximum Gasteiger partial charge on any atom is 0.340 e. The van der Waals surface area contributed by atoms with Crippen LogP contribution in [0, 0.1) is 13.8 Å². The summed E-state index contributed by atoms with van der Waals surface area (Å²) in [5.74, 6) is -0.265. The molecule has 3 heteroatoms. The minimum absolute atomic E-state index is 0.265. The Hall–Kier alpha value is -2.29. The molecule has 0 fully saturated rings. The number of nitrogens with one attached hydrogen (secondary N) is 1. The molecule has 1 N–H and O–H groups in total. The van der Waals surface area contributed by atoms with Crippen molar-refractivity contribution >= 4 is 11.7 Å². The molecule has 1 aliphatic heterocycles. The molecule has 1 heterocycles. The molecular formula is C16H15NO2. The van der Waals surface area contributed by atoms with Gasteiger partial charge in [0.05, 0.1) is 5.56 Å². The van der Waals surface area contributed by atoms with Crippen LogP contribution >= 0.6 is 0 Å². The molecule has 96 valence electrons. The van der Waals surface area contributed by atoms with Gasteiger partial charge in [-0.2, -0.15) is 0 Å². The van der Waals surface area contributed by atoms with Crippen molar-refractivity contribution in [1.29, 1.82) is 0 Å². The number of cyclic esters (lactones) is 1. The van der Waals surface area contributed by atoms with Crippen molar-refractivity contribution in [1.82, 2.24) is 0 Å². The normalized spacial score (nSPS) is 16.9. The van der Waals surface area contributed by atoms with Gasteiger partial charge in [0, 0.05) is 11.3 Å². The maximum absolute atomic E-state index is 11.8. The average molecular weight is 253 g/mol. The topological polar surface area (TPSA) is 38.3 Å². The van der Waals surface area contributed by atoms with Gasteiger partial charge in [-0.05, 0) is 37.1 Å². The molecule has 2 aromatic rings. The summed E-state index contributed by atoms with van der Waals surface area (Å²) in [6, 6.07) is 13.7. The van der Waals surface area contributed by atoms with Gasteiger partial charge in [-0.1, -0.05) is 30.3 Å². The largest absolute Gasteiger partial charge is 0.434 e. The Bertz CT molecular complexity index is 649. The van der Waals surface area contributed by atoms with Gasteiger partial charge in [0.2, 0.25) is 6.23 Å². The van der Waals surface area contributed by atoms with Gasteiger partial charge in [0.1, 0.15) is 0 Å². The third-order valence-corrected chi connectivity index (χ3v) is 3.37. The molecule has 0 aromatic heterocycles. The van der Waals surface area contributed by atoms with Gasteiger partial charge in [-0.3, -0.25) is 0 Å². The van der Waals surface area contributed by atoms with Crippen molar-refractivity contribution < 1.29 is 9.53 Å². The zero-order chi connectivity index (χ0) is 13.4. The van der Waals surface area contributed by atoms with Gasteiger partial charge in [-0.15, -0.1) is 0 Å². The third-order valence-electron chi connectivity index (χ3n) is 3.37. The van der Waals surface area contributed by atoms with E-state index >= 15 is 0 Å². The number of hydrogen-bond donors (Lipinski definition) is 1. The lowest BCUT2D eigenvalue weighted by atomic mass is 10.1. The second-order valence-electron chi connectivity index (χ2n) is 4.84. The molecule has 2 aromatic carbocycles. The first-order chi connectivity index (χ1) is 9.15. The summed E-state index contributed by atoms with van der Waals surface area (Å²) in [5, 5.41) is 3.29. The van der Waals surface area contributed by atoms with E-state index in [-0.39, 0.29) is 5.97 Å². The fourth-order valence-electron chi connectivity index (χ4n) is 2.29. The van der Waals surface area contributed by atoms with Crippen molar-refractivity contribution in [2.45, 2.75) is 20.1 Å². The number of benzene rings is 2. The number of carbonyl (C=O) groups is 1. The molecule has 3 rings (SSSR count). The monoisotopic (exact) mass is 253 g/mol. The lowest BCUT2D eigenvalue weighted by Crippen LogP contribution is -2.11. The summed E-state index contributed by atoms with van der Waals surface area (Å²) in [5.41, 5.74) is 4.84. The number of ether oxygens (including phenoxy) is 1. The average Bonchev–Trinajstić information content (AvgIpc) is 2.72. The molecule has 1 atom stereocenters. The van der Waals surface area contributed by atoms with Crippen molar-refractivity contribution in [3.05, 3.63) is 64.7 Å². The zero-order valence-electron chi connectivity index (χ0n) is 10.9. The van der Waals surface area contributed by atoms with E-state index in [1.54, 1.807) is 6.07 Å². The lowest BCUT2D eigenvalue weighted by molar-refractivity contribution is 0.0437. The number of carbonyl (C=O) groups excluding carboxylic acids is 1. The van der Waals surface area contributed by atoms with E-state index in [1.807, 2.05) is 32.0 Å². The smallest absolute Gasteiger partial charge is 0.340 e. The molecule has 0 bridgehead atoms. The van der Waals surface area contributed by atoms with Crippen LogP contribution in [0.25, 0.3) is 0 Å². The minimum Gasteiger partial charge on any atom is -0.434 e. The van der Waals surface area contributed by atoms with Crippen LogP contribution in [0.1, 0.15) is 33.3 Å².